The summed E-state index contributed by atoms with van der Waals surface area (Å²) in [5.74, 6) is -2.29. The number of amides is 3. The van der Waals surface area contributed by atoms with Gasteiger partial charge in [-0.15, -0.1) is 0 Å². The molecule has 0 saturated heterocycles. The number of rotatable bonds is 6. The Morgan fingerprint density at radius 2 is 1.38 bits per heavy atom. The van der Waals surface area contributed by atoms with Gasteiger partial charge in [0.25, 0.3) is 5.91 Å². The maximum atomic E-state index is 12.6. The first kappa shape index (κ1) is 22.2. The quantitative estimate of drug-likeness (QED) is 0.315. The Bertz CT molecular complexity index is 1160. The van der Waals surface area contributed by atoms with Crippen molar-refractivity contribution in [3.63, 3.8) is 0 Å². The summed E-state index contributed by atoms with van der Waals surface area (Å²) in [6, 6.07) is 25.0. The summed E-state index contributed by atoms with van der Waals surface area (Å²) in [6.07, 6.45) is 3.56. The zero-order valence-electron chi connectivity index (χ0n) is 17.4. The summed E-state index contributed by atoms with van der Waals surface area (Å²) in [6.45, 7) is 1.70. The lowest BCUT2D eigenvalue weighted by Crippen LogP contribution is -2.33. The maximum absolute atomic E-state index is 12.6. The van der Waals surface area contributed by atoms with Gasteiger partial charge >= 0.3 is 11.8 Å². The third-order valence-electron chi connectivity index (χ3n) is 4.31. The van der Waals surface area contributed by atoms with E-state index in [1.54, 1.807) is 61.5 Å². The highest BCUT2D eigenvalue weighted by atomic mass is 16.2. The summed E-state index contributed by atoms with van der Waals surface area (Å²) < 4.78 is 0. The lowest BCUT2D eigenvalue weighted by atomic mass is 10.1. The van der Waals surface area contributed by atoms with Crippen molar-refractivity contribution >= 4 is 40.9 Å². The van der Waals surface area contributed by atoms with Crippen molar-refractivity contribution < 1.29 is 14.4 Å². The molecule has 0 saturated carbocycles. The van der Waals surface area contributed by atoms with Gasteiger partial charge < -0.3 is 10.6 Å². The summed E-state index contributed by atoms with van der Waals surface area (Å²) in [5.41, 5.74) is 4.76. The molecule has 7 heteroatoms. The van der Waals surface area contributed by atoms with Gasteiger partial charge in [-0.1, -0.05) is 66.7 Å². The minimum absolute atomic E-state index is 0.214. The van der Waals surface area contributed by atoms with E-state index in [0.717, 1.165) is 5.56 Å². The fraction of sp³-hybridized carbons (Fsp3) is 0.0400. The first-order valence-electron chi connectivity index (χ1n) is 9.87. The second-order valence-corrected chi connectivity index (χ2v) is 6.76. The largest absolute Gasteiger partial charge is 0.329 e. The fourth-order valence-electron chi connectivity index (χ4n) is 2.70. The second kappa shape index (κ2) is 11.0. The molecular weight excluding hydrogens is 404 g/mol. The van der Waals surface area contributed by atoms with Gasteiger partial charge in [0.1, 0.15) is 0 Å². The molecule has 3 N–H and O–H groups in total. The smallest absolute Gasteiger partial charge is 0.322 e. The number of carbonyl (C=O) groups is 3. The van der Waals surface area contributed by atoms with E-state index in [1.165, 1.54) is 0 Å². The number of hydrazone groups is 1. The van der Waals surface area contributed by atoms with E-state index in [1.807, 2.05) is 42.5 Å². The third kappa shape index (κ3) is 6.50. The van der Waals surface area contributed by atoms with E-state index in [-0.39, 0.29) is 11.3 Å². The summed E-state index contributed by atoms with van der Waals surface area (Å²) >= 11 is 0. The number of hydrogen-bond donors (Lipinski definition) is 3. The van der Waals surface area contributed by atoms with E-state index in [0.29, 0.717) is 11.4 Å². The maximum Gasteiger partial charge on any atom is 0.329 e. The van der Waals surface area contributed by atoms with E-state index >= 15 is 0 Å². The predicted octanol–water partition coefficient (Wildman–Crippen LogP) is 4.08. The Hall–Kier alpha value is -4.52. The number of nitrogens with zero attached hydrogens (tertiary/aromatic N) is 1. The van der Waals surface area contributed by atoms with Gasteiger partial charge in [0, 0.05) is 5.69 Å². The van der Waals surface area contributed by atoms with Gasteiger partial charge in [-0.3, -0.25) is 14.4 Å². The van der Waals surface area contributed by atoms with Crippen molar-refractivity contribution in [1.82, 2.24) is 5.43 Å². The Morgan fingerprint density at radius 1 is 0.750 bits per heavy atom. The first-order chi connectivity index (χ1) is 15.5. The van der Waals surface area contributed by atoms with Crippen LogP contribution >= 0.6 is 0 Å². The molecule has 3 aromatic rings. The Labute approximate surface area is 185 Å². The number of allylic oxidation sites excluding steroid dienone is 1. The zero-order chi connectivity index (χ0) is 22.8. The number of anilines is 2. The molecule has 0 aliphatic heterocycles. The van der Waals surface area contributed by atoms with Gasteiger partial charge in [-0.2, -0.15) is 5.10 Å². The zero-order valence-corrected chi connectivity index (χ0v) is 17.4. The minimum atomic E-state index is -0.948. The third-order valence-corrected chi connectivity index (χ3v) is 4.31. The number of carbonyl (C=O) groups excluding carboxylic acids is 3. The van der Waals surface area contributed by atoms with E-state index < -0.39 is 17.7 Å². The molecule has 0 aliphatic carbocycles. The average molecular weight is 426 g/mol. The molecule has 0 heterocycles. The number of benzene rings is 3. The molecule has 0 radical (unpaired) electrons. The van der Waals surface area contributed by atoms with Crippen LogP contribution in [0.4, 0.5) is 11.4 Å². The Kier molecular flexibility index (Phi) is 7.64. The van der Waals surface area contributed by atoms with Gasteiger partial charge in [-0.05, 0) is 42.8 Å². The van der Waals surface area contributed by atoms with Crippen molar-refractivity contribution in [3.05, 3.63) is 102 Å². The van der Waals surface area contributed by atoms with Crippen LogP contribution in [-0.2, 0) is 9.59 Å². The van der Waals surface area contributed by atoms with Crippen LogP contribution in [0.2, 0.25) is 0 Å². The standard InChI is InChI=1S/C25H22N4O3/c1-18(16-17-19-10-4-2-5-11-19)28-29-25(32)24(31)27-22-15-9-8-14-21(22)23(30)26-20-12-6-3-7-13-20/h2-17H,1H3,(H,26,30)(H,27,31)(H,29,32)/b17-16+,28-18-. The van der Waals surface area contributed by atoms with Gasteiger partial charge in [0.15, 0.2) is 0 Å². The number of nitrogens with one attached hydrogen (secondary N) is 3. The summed E-state index contributed by atoms with van der Waals surface area (Å²) in [7, 11) is 0. The highest BCUT2D eigenvalue weighted by Gasteiger charge is 2.17. The van der Waals surface area contributed by atoms with Crippen LogP contribution < -0.4 is 16.1 Å². The van der Waals surface area contributed by atoms with E-state index in [9.17, 15) is 14.4 Å². The molecule has 3 amide bonds. The Balaban J connectivity index is 1.61. The lowest BCUT2D eigenvalue weighted by Gasteiger charge is -2.11. The van der Waals surface area contributed by atoms with Crippen molar-refractivity contribution in [2.45, 2.75) is 6.92 Å². The molecule has 3 rings (SSSR count). The molecule has 32 heavy (non-hydrogen) atoms. The van der Waals surface area contributed by atoms with Crippen LogP contribution in [-0.4, -0.2) is 23.4 Å². The SMILES string of the molecule is CC(/C=C/c1ccccc1)=N/NC(=O)C(=O)Nc1ccccc1C(=O)Nc1ccccc1. The van der Waals surface area contributed by atoms with Gasteiger partial charge in [-0.25, -0.2) is 5.43 Å². The highest BCUT2D eigenvalue weighted by molar-refractivity contribution is 6.40. The van der Waals surface area contributed by atoms with E-state index in [2.05, 4.69) is 21.2 Å². The van der Waals surface area contributed by atoms with Crippen LogP contribution in [0.25, 0.3) is 6.08 Å². The molecule has 3 aromatic carbocycles. The van der Waals surface area contributed by atoms with Gasteiger partial charge in [0.2, 0.25) is 0 Å². The van der Waals surface area contributed by atoms with Crippen LogP contribution in [0.15, 0.2) is 96.1 Å². The first-order valence-corrected chi connectivity index (χ1v) is 9.87. The monoisotopic (exact) mass is 426 g/mol. The van der Waals surface area contributed by atoms with Crippen LogP contribution in [0.5, 0.6) is 0 Å². The predicted molar refractivity (Wildman–Crippen MR) is 126 cm³/mol. The number of para-hydroxylation sites is 2. The van der Waals surface area contributed by atoms with Crippen LogP contribution in [0, 0.1) is 0 Å². The summed E-state index contributed by atoms with van der Waals surface area (Å²) in [5, 5.41) is 9.11. The number of hydrogen-bond acceptors (Lipinski definition) is 4. The van der Waals surface area contributed by atoms with Crippen LogP contribution in [0.1, 0.15) is 22.8 Å². The molecule has 0 aromatic heterocycles. The van der Waals surface area contributed by atoms with Crippen molar-refractivity contribution in [2.75, 3.05) is 10.6 Å². The van der Waals surface area contributed by atoms with Crippen molar-refractivity contribution in [2.24, 2.45) is 5.10 Å². The van der Waals surface area contributed by atoms with Crippen LogP contribution in [0.3, 0.4) is 0 Å². The normalized spacial score (nSPS) is 11.1. The molecule has 0 atom stereocenters. The molecule has 0 aliphatic rings. The van der Waals surface area contributed by atoms with Gasteiger partial charge in [0.05, 0.1) is 17.0 Å². The molecule has 0 spiro atoms. The topological polar surface area (TPSA) is 99.7 Å². The summed E-state index contributed by atoms with van der Waals surface area (Å²) in [4.78, 5) is 37.0. The second-order valence-electron chi connectivity index (χ2n) is 6.76. The molecular formula is C25H22N4O3. The highest BCUT2D eigenvalue weighted by Crippen LogP contribution is 2.17. The molecule has 7 nitrogen and oxygen atoms in total. The lowest BCUT2D eigenvalue weighted by molar-refractivity contribution is -0.136. The van der Waals surface area contributed by atoms with Crippen molar-refractivity contribution in [1.29, 1.82) is 0 Å². The minimum Gasteiger partial charge on any atom is -0.322 e. The molecule has 0 fully saturated rings. The molecule has 0 unspecified atom stereocenters. The Morgan fingerprint density at radius 3 is 2.09 bits per heavy atom. The van der Waals surface area contributed by atoms with E-state index in [4.69, 9.17) is 0 Å². The average Bonchev–Trinajstić information content (AvgIpc) is 2.82. The molecule has 0 bridgehead atoms. The van der Waals surface area contributed by atoms with Crippen molar-refractivity contribution in [3.8, 4) is 0 Å². The molecule has 160 valence electrons. The fourth-order valence-corrected chi connectivity index (χ4v) is 2.70.